The number of aryl methyl sites for hydroxylation is 1. The summed E-state index contributed by atoms with van der Waals surface area (Å²) in [7, 11) is 0. The van der Waals surface area contributed by atoms with E-state index in [2.05, 4.69) is 17.2 Å². The highest BCUT2D eigenvalue weighted by molar-refractivity contribution is 6.03. The van der Waals surface area contributed by atoms with Crippen molar-refractivity contribution >= 4 is 17.5 Å². The summed E-state index contributed by atoms with van der Waals surface area (Å²) in [5.41, 5.74) is 3.22. The zero-order valence-electron chi connectivity index (χ0n) is 16.7. The number of carbonyl (C=O) groups is 2. The number of fused-ring (bicyclic) bond motifs is 1. The predicted octanol–water partition coefficient (Wildman–Crippen LogP) is 3.65. The Balaban J connectivity index is 1.63. The molecule has 1 atom stereocenters. The minimum atomic E-state index is -0.250. The number of nitrogens with one attached hydrogen (secondary N) is 1. The minimum absolute atomic E-state index is 0.0215. The maximum Gasteiger partial charge on any atom is 0.291 e. The molecule has 0 saturated carbocycles. The Labute approximate surface area is 165 Å². The fourth-order valence-electron chi connectivity index (χ4n) is 4.32. The quantitative estimate of drug-likeness (QED) is 0.884. The van der Waals surface area contributed by atoms with Crippen molar-refractivity contribution < 1.29 is 9.59 Å². The molecular formula is C22H28N4O2. The first kappa shape index (κ1) is 18.7. The van der Waals surface area contributed by atoms with Gasteiger partial charge in [0.15, 0.2) is 5.82 Å². The Morgan fingerprint density at radius 2 is 2.04 bits per heavy atom. The normalized spacial score (nSPS) is 19.2. The molecule has 4 rings (SSSR count). The molecule has 2 aliphatic heterocycles. The van der Waals surface area contributed by atoms with Crippen molar-refractivity contribution in [1.29, 1.82) is 0 Å². The molecule has 6 nitrogen and oxygen atoms in total. The van der Waals surface area contributed by atoms with E-state index in [-0.39, 0.29) is 11.8 Å². The molecular weight excluding hydrogens is 352 g/mol. The summed E-state index contributed by atoms with van der Waals surface area (Å²) in [4.78, 5) is 32.6. The average molecular weight is 380 g/mol. The van der Waals surface area contributed by atoms with Crippen LogP contribution >= 0.6 is 0 Å². The third-order valence-corrected chi connectivity index (χ3v) is 5.74. The fraction of sp³-hybridized carbons (Fsp3) is 0.500. The van der Waals surface area contributed by atoms with E-state index in [1.54, 1.807) is 0 Å². The lowest BCUT2D eigenvalue weighted by Gasteiger charge is -2.30. The van der Waals surface area contributed by atoms with Crippen LogP contribution in [0.15, 0.2) is 24.3 Å². The first-order valence-electron chi connectivity index (χ1n) is 10.3. The van der Waals surface area contributed by atoms with Crippen LogP contribution in [0, 0.1) is 12.8 Å². The van der Waals surface area contributed by atoms with Gasteiger partial charge in [0.25, 0.3) is 11.8 Å². The highest BCUT2D eigenvalue weighted by Crippen LogP contribution is 2.25. The van der Waals surface area contributed by atoms with Gasteiger partial charge in [-0.2, -0.15) is 0 Å². The summed E-state index contributed by atoms with van der Waals surface area (Å²) in [6, 6.07) is 7.70. The SMILES string of the molecule is Cc1cccc(NC(=O)c2nc(C(=O)N3CCCC(C)C3)c3n2CCCC3)c1. The predicted molar refractivity (Wildman–Crippen MR) is 109 cm³/mol. The van der Waals surface area contributed by atoms with Crippen LogP contribution in [0.4, 0.5) is 5.69 Å². The number of likely N-dealkylation sites (tertiary alicyclic amines) is 1. The van der Waals surface area contributed by atoms with E-state index in [9.17, 15) is 9.59 Å². The molecule has 2 aliphatic rings. The molecule has 0 aliphatic carbocycles. The number of amides is 2. The zero-order valence-corrected chi connectivity index (χ0v) is 16.7. The third-order valence-electron chi connectivity index (χ3n) is 5.74. The van der Waals surface area contributed by atoms with Crippen molar-refractivity contribution in [2.24, 2.45) is 5.92 Å². The second kappa shape index (κ2) is 7.78. The number of carbonyl (C=O) groups excluding carboxylic acids is 2. The molecule has 3 heterocycles. The van der Waals surface area contributed by atoms with Crippen molar-refractivity contribution in [3.8, 4) is 0 Å². The van der Waals surface area contributed by atoms with E-state index in [0.29, 0.717) is 17.4 Å². The molecule has 1 aromatic carbocycles. The maximum absolute atomic E-state index is 13.2. The van der Waals surface area contributed by atoms with Gasteiger partial charge in [0, 0.05) is 25.3 Å². The number of piperidine rings is 1. The summed E-state index contributed by atoms with van der Waals surface area (Å²) >= 11 is 0. The van der Waals surface area contributed by atoms with E-state index >= 15 is 0 Å². The lowest BCUT2D eigenvalue weighted by molar-refractivity contribution is 0.0676. The molecule has 1 fully saturated rings. The molecule has 6 heteroatoms. The van der Waals surface area contributed by atoms with Crippen LogP contribution < -0.4 is 5.32 Å². The summed E-state index contributed by atoms with van der Waals surface area (Å²) in [6.07, 6.45) is 5.03. The van der Waals surface area contributed by atoms with Crippen molar-refractivity contribution in [2.75, 3.05) is 18.4 Å². The number of aromatic nitrogens is 2. The van der Waals surface area contributed by atoms with Crippen LogP contribution in [0.2, 0.25) is 0 Å². The third kappa shape index (κ3) is 3.68. The molecule has 2 amide bonds. The number of anilines is 1. The number of benzene rings is 1. The molecule has 1 N–H and O–H groups in total. The van der Waals surface area contributed by atoms with E-state index < -0.39 is 0 Å². The molecule has 1 aromatic heterocycles. The Morgan fingerprint density at radius 3 is 2.82 bits per heavy atom. The van der Waals surface area contributed by atoms with Gasteiger partial charge in [-0.05, 0) is 62.6 Å². The number of rotatable bonds is 3. The lowest BCUT2D eigenvalue weighted by atomic mass is 9.99. The Kier molecular flexibility index (Phi) is 5.20. The lowest BCUT2D eigenvalue weighted by Crippen LogP contribution is -2.39. The molecule has 28 heavy (non-hydrogen) atoms. The van der Waals surface area contributed by atoms with Gasteiger partial charge < -0.3 is 14.8 Å². The number of hydrogen-bond acceptors (Lipinski definition) is 3. The highest BCUT2D eigenvalue weighted by Gasteiger charge is 2.31. The van der Waals surface area contributed by atoms with Crippen molar-refractivity contribution in [3.05, 3.63) is 47.0 Å². The number of imidazole rings is 1. The molecule has 2 aromatic rings. The minimum Gasteiger partial charge on any atom is -0.337 e. The van der Waals surface area contributed by atoms with Gasteiger partial charge in [0.1, 0.15) is 5.69 Å². The molecule has 1 unspecified atom stereocenters. The number of hydrogen-bond donors (Lipinski definition) is 1. The highest BCUT2D eigenvalue weighted by atomic mass is 16.2. The van der Waals surface area contributed by atoms with Gasteiger partial charge in [0.2, 0.25) is 0 Å². The number of nitrogens with zero attached hydrogens (tertiary/aromatic N) is 3. The topological polar surface area (TPSA) is 67.2 Å². The molecule has 1 saturated heterocycles. The largest absolute Gasteiger partial charge is 0.337 e. The first-order chi connectivity index (χ1) is 13.5. The Morgan fingerprint density at radius 1 is 1.18 bits per heavy atom. The van der Waals surface area contributed by atoms with Crippen molar-refractivity contribution in [2.45, 2.75) is 52.5 Å². The fourth-order valence-corrected chi connectivity index (χ4v) is 4.32. The monoisotopic (exact) mass is 380 g/mol. The van der Waals surface area contributed by atoms with Gasteiger partial charge in [-0.3, -0.25) is 9.59 Å². The molecule has 0 spiro atoms. The second-order valence-corrected chi connectivity index (χ2v) is 8.16. The first-order valence-corrected chi connectivity index (χ1v) is 10.3. The van der Waals surface area contributed by atoms with E-state index in [1.165, 1.54) is 0 Å². The van der Waals surface area contributed by atoms with Gasteiger partial charge in [-0.1, -0.05) is 19.1 Å². The van der Waals surface area contributed by atoms with Gasteiger partial charge in [0.05, 0.1) is 5.69 Å². The van der Waals surface area contributed by atoms with Gasteiger partial charge in [-0.15, -0.1) is 0 Å². The van der Waals surface area contributed by atoms with Crippen LogP contribution in [0.1, 0.15) is 65.0 Å². The van der Waals surface area contributed by atoms with E-state index in [0.717, 1.165) is 68.7 Å². The van der Waals surface area contributed by atoms with Crippen molar-refractivity contribution in [3.63, 3.8) is 0 Å². The summed E-state index contributed by atoms with van der Waals surface area (Å²) < 4.78 is 1.95. The maximum atomic E-state index is 13.2. The summed E-state index contributed by atoms with van der Waals surface area (Å²) in [6.45, 7) is 6.46. The van der Waals surface area contributed by atoms with Gasteiger partial charge >= 0.3 is 0 Å². The molecule has 0 radical (unpaired) electrons. The average Bonchev–Trinajstić information content (AvgIpc) is 3.07. The van der Waals surface area contributed by atoms with E-state index in [1.807, 2.05) is 40.7 Å². The van der Waals surface area contributed by atoms with Crippen LogP contribution in [0.25, 0.3) is 0 Å². The molecule has 148 valence electrons. The smallest absolute Gasteiger partial charge is 0.291 e. The second-order valence-electron chi connectivity index (χ2n) is 8.16. The van der Waals surface area contributed by atoms with E-state index in [4.69, 9.17) is 0 Å². The standard InChI is InChI=1S/C22H28N4O2/c1-15-7-5-9-17(13-15)23-21(27)20-24-19(18-10-3-4-12-26(18)20)22(28)25-11-6-8-16(2)14-25/h5,7,9,13,16H,3-4,6,8,10-12,14H2,1-2H3,(H,23,27). The Hall–Kier alpha value is -2.63. The summed E-state index contributed by atoms with van der Waals surface area (Å²) in [5, 5.41) is 2.94. The summed E-state index contributed by atoms with van der Waals surface area (Å²) in [5.74, 6) is 0.594. The van der Waals surface area contributed by atoms with Crippen LogP contribution in [-0.4, -0.2) is 39.4 Å². The Bertz CT molecular complexity index is 902. The van der Waals surface area contributed by atoms with Crippen molar-refractivity contribution in [1.82, 2.24) is 14.5 Å². The molecule has 0 bridgehead atoms. The van der Waals surface area contributed by atoms with Crippen LogP contribution in [0.5, 0.6) is 0 Å². The van der Waals surface area contributed by atoms with Crippen LogP contribution in [-0.2, 0) is 13.0 Å². The zero-order chi connectivity index (χ0) is 19.7. The van der Waals surface area contributed by atoms with Crippen LogP contribution in [0.3, 0.4) is 0 Å². The van der Waals surface area contributed by atoms with Gasteiger partial charge in [-0.25, -0.2) is 4.98 Å².